The highest BCUT2D eigenvalue weighted by Crippen LogP contribution is 2.23. The fourth-order valence-electron chi connectivity index (χ4n) is 2.90. The van der Waals surface area contributed by atoms with E-state index in [4.69, 9.17) is 23.2 Å². The van der Waals surface area contributed by atoms with Gasteiger partial charge >= 0.3 is 0 Å². The summed E-state index contributed by atoms with van der Waals surface area (Å²) >= 11 is 14.1. The molecular weight excluding hydrogens is 482 g/mol. The molecule has 7 heteroatoms. The second-order valence-electron chi connectivity index (χ2n) is 5.83. The molecule has 0 unspecified atom stereocenters. The lowest BCUT2D eigenvalue weighted by Crippen LogP contribution is -1.95. The number of nitrogens with zero attached hydrogens (tertiary/aromatic N) is 4. The minimum atomic E-state index is 0.763. The van der Waals surface area contributed by atoms with Gasteiger partial charge in [-0.2, -0.15) is 10.2 Å². The van der Waals surface area contributed by atoms with Gasteiger partial charge in [-0.3, -0.25) is 9.36 Å². The molecule has 0 saturated heterocycles. The Labute approximate surface area is 176 Å². The molecule has 0 aliphatic rings. The van der Waals surface area contributed by atoms with Crippen LogP contribution in [0.2, 0.25) is 10.0 Å². The Morgan fingerprint density at radius 3 is 1.92 bits per heavy atom. The van der Waals surface area contributed by atoms with E-state index in [9.17, 15) is 0 Å². The Bertz CT molecular complexity index is 982. The van der Waals surface area contributed by atoms with Gasteiger partial charge in [-0.05, 0) is 79.8 Å². The lowest BCUT2D eigenvalue weighted by Gasteiger charge is -1.97. The second-order valence-corrected chi connectivity index (χ2v) is 7.73. The van der Waals surface area contributed by atoms with Crippen LogP contribution in [0.25, 0.3) is 21.8 Å². The standard InChI is InChI=1S/C10H11ClN2.C9H8ClIN2/c1-3-13-10-6-8(11)4-5-9(10)7(2)12-13;1-2-13-8-5-6(10)3-4-7(8)9(11)12-13/h4-6H,3H2,1-2H3;3-5H,2H2,1H3. The number of rotatable bonds is 2. The molecule has 0 saturated carbocycles. The first-order valence-corrected chi connectivity index (χ1v) is 10.2. The topological polar surface area (TPSA) is 35.6 Å². The molecule has 26 heavy (non-hydrogen) atoms. The minimum Gasteiger partial charge on any atom is -0.265 e. The molecule has 4 nitrogen and oxygen atoms in total. The predicted molar refractivity (Wildman–Crippen MR) is 118 cm³/mol. The number of fused-ring (bicyclic) bond motifs is 2. The van der Waals surface area contributed by atoms with Crippen LogP contribution >= 0.6 is 45.8 Å². The van der Waals surface area contributed by atoms with E-state index in [0.29, 0.717) is 0 Å². The van der Waals surface area contributed by atoms with E-state index < -0.39 is 0 Å². The summed E-state index contributed by atoms with van der Waals surface area (Å²) in [5, 5.41) is 12.7. The summed E-state index contributed by atoms with van der Waals surface area (Å²) in [6.07, 6.45) is 0. The van der Waals surface area contributed by atoms with Gasteiger partial charge in [-0.15, -0.1) is 0 Å². The molecule has 0 aliphatic heterocycles. The van der Waals surface area contributed by atoms with Crippen molar-refractivity contribution in [1.29, 1.82) is 0 Å². The van der Waals surface area contributed by atoms with Crippen molar-refractivity contribution < 1.29 is 0 Å². The van der Waals surface area contributed by atoms with Crippen LogP contribution < -0.4 is 0 Å². The van der Waals surface area contributed by atoms with E-state index >= 15 is 0 Å². The Hall–Kier alpha value is -1.31. The molecule has 0 radical (unpaired) electrons. The van der Waals surface area contributed by atoms with Crippen LogP contribution in [0.1, 0.15) is 19.5 Å². The summed E-state index contributed by atoms with van der Waals surface area (Å²) in [6, 6.07) is 11.7. The second kappa shape index (κ2) is 8.15. The molecule has 2 aromatic heterocycles. The van der Waals surface area contributed by atoms with Gasteiger partial charge in [0.15, 0.2) is 0 Å². The summed E-state index contributed by atoms with van der Waals surface area (Å²) in [4.78, 5) is 0. The molecule has 0 amide bonds. The first-order chi connectivity index (χ1) is 12.4. The molecule has 2 aromatic carbocycles. The van der Waals surface area contributed by atoms with E-state index in [2.05, 4.69) is 46.6 Å². The fraction of sp³-hybridized carbons (Fsp3) is 0.263. The number of aryl methyl sites for hydroxylation is 3. The van der Waals surface area contributed by atoms with Crippen molar-refractivity contribution in [1.82, 2.24) is 19.6 Å². The zero-order valence-corrected chi connectivity index (χ0v) is 18.5. The van der Waals surface area contributed by atoms with Crippen molar-refractivity contribution in [2.24, 2.45) is 0 Å². The molecule has 0 spiro atoms. The lowest BCUT2D eigenvalue weighted by atomic mass is 10.2. The van der Waals surface area contributed by atoms with Crippen LogP contribution in [-0.4, -0.2) is 19.6 Å². The van der Waals surface area contributed by atoms with Crippen molar-refractivity contribution >= 4 is 67.6 Å². The van der Waals surface area contributed by atoms with Gasteiger partial charge in [-0.25, -0.2) is 0 Å². The van der Waals surface area contributed by atoms with Crippen LogP contribution in [0.5, 0.6) is 0 Å². The molecular formula is C19H19Cl2IN4. The van der Waals surface area contributed by atoms with Crippen molar-refractivity contribution in [3.8, 4) is 0 Å². The zero-order chi connectivity index (χ0) is 18.8. The average molecular weight is 501 g/mol. The summed E-state index contributed by atoms with van der Waals surface area (Å²) in [7, 11) is 0. The van der Waals surface area contributed by atoms with Crippen molar-refractivity contribution in [3.05, 3.63) is 55.8 Å². The Kier molecular flexibility index (Phi) is 6.10. The van der Waals surface area contributed by atoms with E-state index in [1.807, 2.05) is 52.7 Å². The first-order valence-electron chi connectivity index (χ1n) is 8.38. The third-order valence-corrected chi connectivity index (χ3v) is 5.43. The van der Waals surface area contributed by atoms with Crippen LogP contribution in [0.3, 0.4) is 0 Å². The van der Waals surface area contributed by atoms with Gasteiger partial charge in [-0.1, -0.05) is 23.2 Å². The van der Waals surface area contributed by atoms with Crippen LogP contribution in [0.15, 0.2) is 36.4 Å². The normalized spacial score (nSPS) is 11.0. The third-order valence-electron chi connectivity index (χ3n) is 4.17. The van der Waals surface area contributed by atoms with Gasteiger partial charge in [0, 0.05) is 33.9 Å². The largest absolute Gasteiger partial charge is 0.265 e. The predicted octanol–water partition coefficient (Wildman–Crippen LogP) is 6.33. The molecule has 2 heterocycles. The van der Waals surface area contributed by atoms with Gasteiger partial charge in [0.1, 0.15) is 3.70 Å². The summed E-state index contributed by atoms with van der Waals surface area (Å²) in [6.45, 7) is 7.92. The van der Waals surface area contributed by atoms with Gasteiger partial charge in [0.05, 0.1) is 16.7 Å². The van der Waals surface area contributed by atoms with E-state index in [-0.39, 0.29) is 0 Å². The minimum absolute atomic E-state index is 0.763. The molecule has 0 N–H and O–H groups in total. The maximum Gasteiger partial charge on any atom is 0.131 e. The summed E-state index contributed by atoms with van der Waals surface area (Å²) in [5.74, 6) is 0. The Morgan fingerprint density at radius 1 is 0.846 bits per heavy atom. The van der Waals surface area contributed by atoms with Crippen LogP contribution in [0.4, 0.5) is 0 Å². The van der Waals surface area contributed by atoms with E-state index in [1.54, 1.807) is 0 Å². The zero-order valence-electron chi connectivity index (χ0n) is 14.8. The van der Waals surface area contributed by atoms with Crippen molar-refractivity contribution in [3.63, 3.8) is 0 Å². The molecule has 136 valence electrons. The van der Waals surface area contributed by atoms with Crippen molar-refractivity contribution in [2.45, 2.75) is 33.9 Å². The van der Waals surface area contributed by atoms with Gasteiger partial charge < -0.3 is 0 Å². The highest BCUT2D eigenvalue weighted by atomic mass is 127. The summed E-state index contributed by atoms with van der Waals surface area (Å²) in [5.41, 5.74) is 3.29. The number of hydrogen-bond acceptors (Lipinski definition) is 2. The first kappa shape index (κ1) is 19.5. The molecule has 0 bridgehead atoms. The molecule has 0 atom stereocenters. The molecule has 4 rings (SSSR count). The van der Waals surface area contributed by atoms with Crippen molar-refractivity contribution in [2.75, 3.05) is 0 Å². The average Bonchev–Trinajstić information content (AvgIpc) is 3.11. The van der Waals surface area contributed by atoms with E-state index in [1.165, 1.54) is 10.8 Å². The van der Waals surface area contributed by atoms with Gasteiger partial charge in [0.25, 0.3) is 0 Å². The fourth-order valence-corrected chi connectivity index (χ4v) is 3.95. The maximum atomic E-state index is 5.92. The highest BCUT2D eigenvalue weighted by Gasteiger charge is 2.07. The lowest BCUT2D eigenvalue weighted by molar-refractivity contribution is 0.676. The van der Waals surface area contributed by atoms with Crippen LogP contribution in [-0.2, 0) is 13.1 Å². The quantitative estimate of drug-likeness (QED) is 0.301. The monoisotopic (exact) mass is 500 g/mol. The molecule has 0 fully saturated rings. The highest BCUT2D eigenvalue weighted by molar-refractivity contribution is 14.1. The van der Waals surface area contributed by atoms with Gasteiger partial charge in [0.2, 0.25) is 0 Å². The summed E-state index contributed by atoms with van der Waals surface area (Å²) < 4.78 is 4.96. The Morgan fingerprint density at radius 2 is 1.35 bits per heavy atom. The van der Waals surface area contributed by atoms with Crippen LogP contribution in [0, 0.1) is 10.6 Å². The molecule has 0 aliphatic carbocycles. The third kappa shape index (κ3) is 3.85. The smallest absolute Gasteiger partial charge is 0.131 e. The molecule has 4 aromatic rings. The number of benzene rings is 2. The maximum absolute atomic E-state index is 5.92. The Balaban J connectivity index is 0.000000151. The number of aromatic nitrogens is 4. The van der Waals surface area contributed by atoms with E-state index in [0.717, 1.165) is 43.6 Å². The SMILES string of the molecule is CCn1nc(C)c2ccc(Cl)cc21.CCn1nc(I)c2ccc(Cl)cc21. The number of hydrogen-bond donors (Lipinski definition) is 0. The number of halogens is 3.